The van der Waals surface area contributed by atoms with Gasteiger partial charge < -0.3 is 10.2 Å². The Hall–Kier alpha value is -1.03. The van der Waals surface area contributed by atoms with Gasteiger partial charge in [0.15, 0.2) is 0 Å². The molecule has 1 aromatic carbocycles. The van der Waals surface area contributed by atoms with Crippen LogP contribution in [0.1, 0.15) is 12.0 Å². The third-order valence-corrected chi connectivity index (χ3v) is 3.21. The van der Waals surface area contributed by atoms with Gasteiger partial charge in [-0.25, -0.2) is 0 Å². The summed E-state index contributed by atoms with van der Waals surface area (Å²) >= 11 is 3.45. The maximum atomic E-state index is 11.3. The average molecular weight is 285 g/mol. The number of carbonyl (C=O) groups excluding carboxylic acids is 1. The van der Waals surface area contributed by atoms with Gasteiger partial charge in [0.05, 0.1) is 0 Å². The van der Waals surface area contributed by atoms with Gasteiger partial charge >= 0.3 is 0 Å². The summed E-state index contributed by atoms with van der Waals surface area (Å²) in [4.78, 5) is 12.9. The molecular formula is C12H17BrN2O. The predicted octanol–water partition coefficient (Wildman–Crippen LogP) is 2.65. The van der Waals surface area contributed by atoms with Gasteiger partial charge in [0.1, 0.15) is 0 Å². The van der Waals surface area contributed by atoms with Crippen molar-refractivity contribution >= 4 is 27.5 Å². The summed E-state index contributed by atoms with van der Waals surface area (Å²) in [7, 11) is 3.54. The van der Waals surface area contributed by atoms with E-state index in [9.17, 15) is 4.79 Å². The van der Waals surface area contributed by atoms with Crippen molar-refractivity contribution in [1.82, 2.24) is 4.90 Å². The first-order valence-corrected chi connectivity index (χ1v) is 6.00. The van der Waals surface area contributed by atoms with Crippen molar-refractivity contribution in [1.29, 1.82) is 0 Å². The quantitative estimate of drug-likeness (QED) is 0.922. The molecule has 1 aromatic rings. The minimum Gasteiger partial charge on any atom is -0.385 e. The van der Waals surface area contributed by atoms with Crippen molar-refractivity contribution in [3.8, 4) is 0 Å². The van der Waals surface area contributed by atoms with E-state index >= 15 is 0 Å². The standard InChI is InChI=1S/C12H17BrN2O/c1-9-8-10(4-5-11(9)13)14-7-6-12(16)15(2)3/h4-5,8,14H,6-7H2,1-3H3. The summed E-state index contributed by atoms with van der Waals surface area (Å²) in [6.45, 7) is 2.71. The lowest BCUT2D eigenvalue weighted by atomic mass is 10.2. The first kappa shape index (κ1) is 13.0. The fourth-order valence-corrected chi connectivity index (χ4v) is 1.54. The molecule has 0 aliphatic carbocycles. The highest BCUT2D eigenvalue weighted by Gasteiger charge is 2.03. The number of nitrogens with one attached hydrogen (secondary N) is 1. The number of aryl methyl sites for hydroxylation is 1. The predicted molar refractivity (Wildman–Crippen MR) is 70.7 cm³/mol. The van der Waals surface area contributed by atoms with Crippen LogP contribution in [0.25, 0.3) is 0 Å². The second kappa shape index (κ2) is 5.89. The Morgan fingerprint density at radius 2 is 2.12 bits per heavy atom. The van der Waals surface area contributed by atoms with E-state index in [4.69, 9.17) is 0 Å². The Bertz CT molecular complexity index is 377. The lowest BCUT2D eigenvalue weighted by Crippen LogP contribution is -2.23. The van der Waals surface area contributed by atoms with Crippen molar-refractivity contribution < 1.29 is 4.79 Å². The van der Waals surface area contributed by atoms with E-state index in [1.807, 2.05) is 19.1 Å². The number of hydrogen-bond acceptors (Lipinski definition) is 2. The van der Waals surface area contributed by atoms with Gasteiger partial charge in [0.2, 0.25) is 5.91 Å². The summed E-state index contributed by atoms with van der Waals surface area (Å²) < 4.78 is 1.10. The molecule has 4 heteroatoms. The van der Waals surface area contributed by atoms with Crippen LogP contribution < -0.4 is 5.32 Å². The molecule has 0 radical (unpaired) electrons. The molecule has 0 aliphatic heterocycles. The van der Waals surface area contributed by atoms with Gasteiger partial charge in [-0.2, -0.15) is 0 Å². The van der Waals surface area contributed by atoms with Crippen LogP contribution in [-0.4, -0.2) is 31.4 Å². The molecule has 0 atom stereocenters. The molecule has 0 unspecified atom stereocenters. The van der Waals surface area contributed by atoms with E-state index in [1.54, 1.807) is 19.0 Å². The topological polar surface area (TPSA) is 32.3 Å². The number of hydrogen-bond donors (Lipinski definition) is 1. The summed E-state index contributed by atoms with van der Waals surface area (Å²) in [6, 6.07) is 6.06. The van der Waals surface area contributed by atoms with Crippen molar-refractivity contribution in [2.24, 2.45) is 0 Å². The highest BCUT2D eigenvalue weighted by molar-refractivity contribution is 9.10. The van der Waals surface area contributed by atoms with E-state index in [0.717, 1.165) is 10.2 Å². The van der Waals surface area contributed by atoms with Gasteiger partial charge in [-0.3, -0.25) is 4.79 Å². The van der Waals surface area contributed by atoms with Crippen LogP contribution in [0.2, 0.25) is 0 Å². The number of amides is 1. The molecule has 1 rings (SSSR count). The monoisotopic (exact) mass is 284 g/mol. The molecule has 0 heterocycles. The smallest absolute Gasteiger partial charge is 0.223 e. The van der Waals surface area contributed by atoms with E-state index < -0.39 is 0 Å². The zero-order valence-corrected chi connectivity index (χ0v) is 11.5. The molecule has 0 fully saturated rings. The average Bonchev–Trinajstić information content (AvgIpc) is 2.23. The van der Waals surface area contributed by atoms with Crippen molar-refractivity contribution in [2.45, 2.75) is 13.3 Å². The molecule has 0 aliphatic rings. The largest absolute Gasteiger partial charge is 0.385 e. The normalized spacial score (nSPS) is 10.0. The lowest BCUT2D eigenvalue weighted by Gasteiger charge is -2.11. The molecule has 1 N–H and O–H groups in total. The minimum absolute atomic E-state index is 0.140. The molecule has 0 saturated heterocycles. The second-order valence-electron chi connectivity index (χ2n) is 3.93. The third kappa shape index (κ3) is 3.85. The maximum Gasteiger partial charge on any atom is 0.223 e. The summed E-state index contributed by atoms with van der Waals surface area (Å²) in [5.41, 5.74) is 2.23. The maximum absolute atomic E-state index is 11.3. The highest BCUT2D eigenvalue weighted by Crippen LogP contribution is 2.19. The number of halogens is 1. The number of benzene rings is 1. The Balaban J connectivity index is 2.43. The first-order chi connectivity index (χ1) is 7.50. The van der Waals surface area contributed by atoms with Crippen LogP contribution in [0.4, 0.5) is 5.69 Å². The second-order valence-corrected chi connectivity index (χ2v) is 4.78. The van der Waals surface area contributed by atoms with Crippen LogP contribution in [-0.2, 0) is 4.79 Å². The minimum atomic E-state index is 0.140. The number of carbonyl (C=O) groups is 1. The third-order valence-electron chi connectivity index (χ3n) is 2.32. The summed E-state index contributed by atoms with van der Waals surface area (Å²) in [6.07, 6.45) is 0.516. The molecule has 0 spiro atoms. The lowest BCUT2D eigenvalue weighted by molar-refractivity contribution is -0.128. The Kier molecular flexibility index (Phi) is 4.80. The van der Waals surface area contributed by atoms with Gasteiger partial charge in [-0.1, -0.05) is 15.9 Å². The van der Waals surface area contributed by atoms with Gasteiger partial charge in [0, 0.05) is 37.2 Å². The molecule has 3 nitrogen and oxygen atoms in total. The Morgan fingerprint density at radius 1 is 1.44 bits per heavy atom. The van der Waals surface area contributed by atoms with Crippen LogP contribution in [0, 0.1) is 6.92 Å². The number of rotatable bonds is 4. The van der Waals surface area contributed by atoms with Crippen LogP contribution in [0.5, 0.6) is 0 Å². The van der Waals surface area contributed by atoms with Gasteiger partial charge in [-0.05, 0) is 30.7 Å². The Morgan fingerprint density at radius 3 is 2.69 bits per heavy atom. The molecule has 16 heavy (non-hydrogen) atoms. The summed E-state index contributed by atoms with van der Waals surface area (Å²) in [5, 5.41) is 3.23. The fraction of sp³-hybridized carbons (Fsp3) is 0.417. The van der Waals surface area contributed by atoms with E-state index in [1.165, 1.54) is 5.56 Å². The van der Waals surface area contributed by atoms with Crippen molar-refractivity contribution in [3.63, 3.8) is 0 Å². The molecular weight excluding hydrogens is 268 g/mol. The SMILES string of the molecule is Cc1cc(NCCC(=O)N(C)C)ccc1Br. The molecule has 0 aromatic heterocycles. The van der Waals surface area contributed by atoms with Crippen LogP contribution in [0.3, 0.4) is 0 Å². The summed E-state index contributed by atoms with van der Waals surface area (Å²) in [5.74, 6) is 0.140. The zero-order chi connectivity index (χ0) is 12.1. The number of anilines is 1. The highest BCUT2D eigenvalue weighted by atomic mass is 79.9. The van der Waals surface area contributed by atoms with Gasteiger partial charge in [0.25, 0.3) is 0 Å². The van der Waals surface area contributed by atoms with Crippen molar-refractivity contribution in [2.75, 3.05) is 26.0 Å². The van der Waals surface area contributed by atoms with Crippen molar-refractivity contribution in [3.05, 3.63) is 28.2 Å². The van der Waals surface area contributed by atoms with E-state index in [2.05, 4.69) is 27.3 Å². The number of nitrogens with zero attached hydrogens (tertiary/aromatic N) is 1. The molecule has 1 amide bonds. The van der Waals surface area contributed by atoms with E-state index in [0.29, 0.717) is 13.0 Å². The molecule has 0 saturated carbocycles. The van der Waals surface area contributed by atoms with Gasteiger partial charge in [-0.15, -0.1) is 0 Å². The molecule has 88 valence electrons. The molecule has 0 bridgehead atoms. The Labute approximate surface area is 105 Å². The fourth-order valence-electron chi connectivity index (χ4n) is 1.29. The van der Waals surface area contributed by atoms with Crippen LogP contribution in [0.15, 0.2) is 22.7 Å². The van der Waals surface area contributed by atoms with E-state index in [-0.39, 0.29) is 5.91 Å². The first-order valence-electron chi connectivity index (χ1n) is 5.21. The van der Waals surface area contributed by atoms with Crippen LogP contribution >= 0.6 is 15.9 Å². The zero-order valence-electron chi connectivity index (χ0n) is 9.88.